The highest BCUT2D eigenvalue weighted by molar-refractivity contribution is 6.25. The largest absolute Gasteiger partial charge is 0.454 e. The van der Waals surface area contributed by atoms with Crippen LogP contribution in [0.3, 0.4) is 0 Å². The van der Waals surface area contributed by atoms with E-state index >= 15 is 0 Å². The van der Waals surface area contributed by atoms with Gasteiger partial charge in [0.25, 0.3) is 0 Å². The van der Waals surface area contributed by atoms with Crippen LogP contribution in [0.25, 0.3) is 54.3 Å². The van der Waals surface area contributed by atoms with E-state index in [1.807, 2.05) is 12.1 Å². The van der Waals surface area contributed by atoms with E-state index in [1.54, 1.807) is 0 Å². The van der Waals surface area contributed by atoms with Crippen molar-refractivity contribution in [2.75, 3.05) is 5.32 Å². The molecular formula is C28H17NO. The quantitative estimate of drug-likeness (QED) is 0.304. The molecule has 2 nitrogen and oxygen atoms in total. The van der Waals surface area contributed by atoms with Gasteiger partial charge < -0.3 is 9.73 Å². The highest BCUT2D eigenvalue weighted by atomic mass is 16.3. The summed E-state index contributed by atoms with van der Waals surface area (Å²) in [5.74, 6) is 0. The van der Waals surface area contributed by atoms with Crippen molar-refractivity contribution in [3.8, 4) is 0 Å². The van der Waals surface area contributed by atoms with Crippen molar-refractivity contribution in [3.05, 3.63) is 97.1 Å². The van der Waals surface area contributed by atoms with Gasteiger partial charge in [0.2, 0.25) is 0 Å². The number of anilines is 2. The summed E-state index contributed by atoms with van der Waals surface area (Å²) in [5.41, 5.74) is 3.88. The Morgan fingerprint density at radius 2 is 1.17 bits per heavy atom. The molecule has 7 aromatic rings. The number of para-hydroxylation sites is 2. The van der Waals surface area contributed by atoms with Gasteiger partial charge in [0, 0.05) is 21.8 Å². The van der Waals surface area contributed by atoms with E-state index < -0.39 is 0 Å². The summed E-state index contributed by atoms with van der Waals surface area (Å²) in [6.07, 6.45) is 0. The second-order valence-electron chi connectivity index (χ2n) is 7.87. The lowest BCUT2D eigenvalue weighted by Gasteiger charge is -2.15. The van der Waals surface area contributed by atoms with Crippen LogP contribution in [0.5, 0.6) is 0 Å². The van der Waals surface area contributed by atoms with Gasteiger partial charge >= 0.3 is 0 Å². The molecule has 0 radical (unpaired) electrons. The molecule has 0 aliphatic heterocycles. The van der Waals surface area contributed by atoms with E-state index in [0.29, 0.717) is 0 Å². The lowest BCUT2D eigenvalue weighted by atomic mass is 9.93. The molecule has 0 amide bonds. The molecule has 1 heterocycles. The fourth-order valence-corrected chi connectivity index (χ4v) is 4.84. The minimum Gasteiger partial charge on any atom is -0.454 e. The maximum Gasteiger partial charge on any atom is 0.158 e. The van der Waals surface area contributed by atoms with Crippen molar-refractivity contribution in [2.45, 2.75) is 0 Å². The Kier molecular flexibility index (Phi) is 3.03. The lowest BCUT2D eigenvalue weighted by Crippen LogP contribution is -1.93. The third kappa shape index (κ3) is 2.08. The maximum atomic E-state index is 6.22. The second kappa shape index (κ2) is 5.74. The van der Waals surface area contributed by atoms with Crippen molar-refractivity contribution < 1.29 is 4.42 Å². The lowest BCUT2D eigenvalue weighted by molar-refractivity contribution is 0.670. The van der Waals surface area contributed by atoms with Crippen LogP contribution in [0, 0.1) is 0 Å². The fraction of sp³-hybridized carbons (Fsp3) is 0. The molecule has 2 heteroatoms. The molecule has 140 valence electrons. The molecule has 0 atom stereocenters. The second-order valence-corrected chi connectivity index (χ2v) is 7.87. The highest BCUT2D eigenvalue weighted by Gasteiger charge is 2.14. The van der Waals surface area contributed by atoms with Gasteiger partial charge in [0.05, 0.1) is 5.69 Å². The highest BCUT2D eigenvalue weighted by Crippen LogP contribution is 2.40. The van der Waals surface area contributed by atoms with Gasteiger partial charge in [-0.25, -0.2) is 0 Å². The maximum absolute atomic E-state index is 6.22. The van der Waals surface area contributed by atoms with Crippen LogP contribution >= 0.6 is 0 Å². The summed E-state index contributed by atoms with van der Waals surface area (Å²) >= 11 is 0. The first-order chi connectivity index (χ1) is 14.9. The molecule has 30 heavy (non-hydrogen) atoms. The smallest absolute Gasteiger partial charge is 0.158 e. The molecule has 0 saturated carbocycles. The Hall–Kier alpha value is -4.04. The van der Waals surface area contributed by atoms with Crippen LogP contribution in [0.1, 0.15) is 0 Å². The normalized spacial score (nSPS) is 12.0. The number of furan rings is 1. The number of hydrogen-bond donors (Lipinski definition) is 1. The molecule has 0 bridgehead atoms. The zero-order valence-corrected chi connectivity index (χ0v) is 16.1. The first kappa shape index (κ1) is 15.8. The van der Waals surface area contributed by atoms with Crippen molar-refractivity contribution in [3.63, 3.8) is 0 Å². The number of nitrogens with one attached hydrogen (secondary N) is 1. The first-order valence-electron chi connectivity index (χ1n) is 10.2. The third-order valence-corrected chi connectivity index (χ3v) is 6.20. The average molecular weight is 383 g/mol. The van der Waals surface area contributed by atoms with Gasteiger partial charge in [-0.2, -0.15) is 0 Å². The van der Waals surface area contributed by atoms with Crippen LogP contribution < -0.4 is 5.32 Å². The SMILES string of the molecule is c1cc2ccc3ccc(Nc4cccc5c4oc4ccccc45)c4ccc(c1)c2c34. The van der Waals surface area contributed by atoms with Crippen molar-refractivity contribution in [1.29, 1.82) is 0 Å². The van der Waals surface area contributed by atoms with Gasteiger partial charge in [-0.15, -0.1) is 0 Å². The summed E-state index contributed by atoms with van der Waals surface area (Å²) in [7, 11) is 0. The van der Waals surface area contributed by atoms with Crippen LogP contribution in [-0.4, -0.2) is 0 Å². The van der Waals surface area contributed by atoms with Crippen molar-refractivity contribution >= 4 is 65.6 Å². The van der Waals surface area contributed by atoms with Crippen LogP contribution in [0.4, 0.5) is 11.4 Å². The predicted molar refractivity (Wildman–Crippen MR) is 127 cm³/mol. The minimum absolute atomic E-state index is 0.893. The average Bonchev–Trinajstić information content (AvgIpc) is 3.18. The summed E-state index contributed by atoms with van der Waals surface area (Å²) < 4.78 is 6.22. The molecule has 0 spiro atoms. The van der Waals surface area contributed by atoms with E-state index in [2.05, 4.69) is 90.2 Å². The zero-order chi connectivity index (χ0) is 19.7. The molecule has 0 unspecified atom stereocenters. The fourth-order valence-electron chi connectivity index (χ4n) is 4.84. The topological polar surface area (TPSA) is 25.2 Å². The van der Waals surface area contributed by atoms with Crippen LogP contribution in [-0.2, 0) is 0 Å². The summed E-state index contributed by atoms with van der Waals surface area (Å²) in [4.78, 5) is 0. The van der Waals surface area contributed by atoms with E-state index in [1.165, 1.54) is 32.3 Å². The number of rotatable bonds is 2. The molecule has 1 N–H and O–H groups in total. The standard InChI is InChI=1S/C28H17NO/c1-2-10-25-20(7-1)21-8-4-9-24(28(21)30-25)29-23-16-14-19-12-11-17-5-3-6-18-13-15-22(23)27(19)26(17)18/h1-16,29H. The van der Waals surface area contributed by atoms with Crippen molar-refractivity contribution in [2.24, 2.45) is 0 Å². The molecule has 0 aliphatic carbocycles. The van der Waals surface area contributed by atoms with E-state index in [9.17, 15) is 0 Å². The molecule has 0 aliphatic rings. The first-order valence-corrected chi connectivity index (χ1v) is 10.2. The number of benzene rings is 6. The van der Waals surface area contributed by atoms with Gasteiger partial charge in [-0.3, -0.25) is 0 Å². The number of hydrogen-bond acceptors (Lipinski definition) is 2. The summed E-state index contributed by atoms with van der Waals surface area (Å²) in [5, 5.41) is 13.6. The molecule has 0 saturated heterocycles. The Morgan fingerprint density at radius 1 is 0.467 bits per heavy atom. The summed E-state index contributed by atoms with van der Waals surface area (Å²) in [6.45, 7) is 0. The van der Waals surface area contributed by atoms with Crippen molar-refractivity contribution in [1.82, 2.24) is 0 Å². The molecule has 7 rings (SSSR count). The Labute approximate surface area is 172 Å². The van der Waals surface area contributed by atoms with Gasteiger partial charge in [-0.1, -0.05) is 78.9 Å². The van der Waals surface area contributed by atoms with Gasteiger partial charge in [0.1, 0.15) is 5.58 Å². The summed E-state index contributed by atoms with van der Waals surface area (Å²) in [6, 6.07) is 34.3. The van der Waals surface area contributed by atoms with Gasteiger partial charge in [0.15, 0.2) is 5.58 Å². The molecule has 1 aromatic heterocycles. The molecular weight excluding hydrogens is 366 g/mol. The Balaban J connectivity index is 1.49. The van der Waals surface area contributed by atoms with E-state index in [4.69, 9.17) is 4.42 Å². The predicted octanol–water partition coefficient (Wildman–Crippen LogP) is 8.23. The number of fused-ring (bicyclic) bond motifs is 3. The zero-order valence-electron chi connectivity index (χ0n) is 16.1. The van der Waals surface area contributed by atoms with Crippen LogP contribution in [0.15, 0.2) is 101 Å². The Morgan fingerprint density at radius 3 is 2.07 bits per heavy atom. The molecule has 0 fully saturated rings. The third-order valence-electron chi connectivity index (χ3n) is 6.20. The van der Waals surface area contributed by atoms with Gasteiger partial charge in [-0.05, 0) is 45.1 Å². The van der Waals surface area contributed by atoms with E-state index in [0.717, 1.165) is 33.3 Å². The minimum atomic E-state index is 0.893. The van der Waals surface area contributed by atoms with E-state index in [-0.39, 0.29) is 0 Å². The monoisotopic (exact) mass is 383 g/mol. The Bertz CT molecular complexity index is 1710. The van der Waals surface area contributed by atoms with Crippen LogP contribution in [0.2, 0.25) is 0 Å². The molecule has 6 aromatic carbocycles.